The molecule has 0 aromatic heterocycles. The van der Waals surface area contributed by atoms with Gasteiger partial charge in [-0.15, -0.1) is 0 Å². The molecule has 5 rings (SSSR count). The molecule has 2 saturated heterocycles. The third kappa shape index (κ3) is 5.41. The van der Waals surface area contributed by atoms with E-state index in [1.807, 2.05) is 18.2 Å². The van der Waals surface area contributed by atoms with E-state index in [4.69, 9.17) is 0 Å². The van der Waals surface area contributed by atoms with E-state index >= 15 is 0 Å². The number of nitrogens with zero attached hydrogens (tertiary/aromatic N) is 2. The van der Waals surface area contributed by atoms with Crippen molar-refractivity contribution in [2.45, 2.75) is 57.4 Å². The number of carbonyl (C=O) groups excluding carboxylic acids is 4. The molecule has 2 fully saturated rings. The highest BCUT2D eigenvalue weighted by molar-refractivity contribution is 6.05. The molecule has 3 aliphatic heterocycles. The molecule has 0 aliphatic carbocycles. The fourth-order valence-corrected chi connectivity index (χ4v) is 5.23. The summed E-state index contributed by atoms with van der Waals surface area (Å²) >= 11 is 0. The molecule has 3 heterocycles. The summed E-state index contributed by atoms with van der Waals surface area (Å²) in [5, 5.41) is 8.32. The van der Waals surface area contributed by atoms with E-state index in [9.17, 15) is 19.2 Å². The molecule has 0 bridgehead atoms. The number of rotatable bonds is 6. The number of fused-ring (bicyclic) bond motifs is 1. The third-order valence-corrected chi connectivity index (χ3v) is 7.21. The van der Waals surface area contributed by atoms with Gasteiger partial charge in [0, 0.05) is 50.7 Å². The summed E-state index contributed by atoms with van der Waals surface area (Å²) < 4.78 is 0. The first-order chi connectivity index (χ1) is 17.5. The van der Waals surface area contributed by atoms with Crippen LogP contribution in [0.2, 0.25) is 0 Å². The van der Waals surface area contributed by atoms with Crippen molar-refractivity contribution in [2.75, 3.05) is 13.1 Å². The first-order valence-corrected chi connectivity index (χ1v) is 12.5. The molecule has 1 atom stereocenters. The topological polar surface area (TPSA) is 111 Å². The number of likely N-dealkylation sites (tertiary alicyclic amines) is 1. The lowest BCUT2D eigenvalue weighted by molar-refractivity contribution is -0.136. The number of carbonyl (C=O) groups is 4. The quantitative estimate of drug-likeness (QED) is 0.537. The maximum absolute atomic E-state index is 12.8. The van der Waals surface area contributed by atoms with Crippen LogP contribution in [0.15, 0.2) is 48.5 Å². The Bertz CT molecular complexity index is 1160. The van der Waals surface area contributed by atoms with Gasteiger partial charge in [0.05, 0.1) is 0 Å². The minimum Gasteiger partial charge on any atom is -0.335 e. The molecule has 0 radical (unpaired) electrons. The van der Waals surface area contributed by atoms with Gasteiger partial charge in [0.2, 0.25) is 11.8 Å². The van der Waals surface area contributed by atoms with Crippen LogP contribution in [-0.4, -0.2) is 58.7 Å². The molecule has 0 saturated carbocycles. The van der Waals surface area contributed by atoms with Gasteiger partial charge >= 0.3 is 6.03 Å². The van der Waals surface area contributed by atoms with E-state index in [1.54, 1.807) is 6.07 Å². The van der Waals surface area contributed by atoms with E-state index in [-0.39, 0.29) is 30.3 Å². The molecule has 1 unspecified atom stereocenters. The van der Waals surface area contributed by atoms with Gasteiger partial charge < -0.3 is 15.5 Å². The maximum Gasteiger partial charge on any atom is 0.315 e. The number of hydrogen-bond acceptors (Lipinski definition) is 5. The van der Waals surface area contributed by atoms with Crippen molar-refractivity contribution < 1.29 is 19.2 Å². The van der Waals surface area contributed by atoms with Crippen molar-refractivity contribution in [3.8, 4) is 0 Å². The number of amides is 5. The highest BCUT2D eigenvalue weighted by atomic mass is 16.2. The Kier molecular flexibility index (Phi) is 6.99. The molecule has 36 heavy (non-hydrogen) atoms. The highest BCUT2D eigenvalue weighted by Gasteiger charge is 2.39. The maximum atomic E-state index is 12.8. The van der Waals surface area contributed by atoms with Gasteiger partial charge in [-0.05, 0) is 42.0 Å². The number of piperidine rings is 2. The van der Waals surface area contributed by atoms with Crippen LogP contribution in [0, 0.1) is 0 Å². The minimum atomic E-state index is -0.630. The Morgan fingerprint density at radius 1 is 0.972 bits per heavy atom. The average Bonchev–Trinajstić information content (AvgIpc) is 3.20. The van der Waals surface area contributed by atoms with Crippen LogP contribution in [0.25, 0.3) is 0 Å². The molecular weight excluding hydrogens is 458 g/mol. The largest absolute Gasteiger partial charge is 0.335 e. The Morgan fingerprint density at radius 2 is 1.75 bits per heavy atom. The lowest BCUT2D eigenvalue weighted by atomic mass is 10.0. The summed E-state index contributed by atoms with van der Waals surface area (Å²) in [6.07, 6.45) is 2.39. The molecule has 9 heteroatoms. The van der Waals surface area contributed by atoms with Crippen molar-refractivity contribution in [1.29, 1.82) is 0 Å². The number of imide groups is 1. The second kappa shape index (κ2) is 10.5. The fourth-order valence-electron chi connectivity index (χ4n) is 5.23. The lowest BCUT2D eigenvalue weighted by Crippen LogP contribution is -2.52. The SMILES string of the molecule is O=C1CCC(N2Cc3cc(CNC(=O)NC4CCN(Cc5ccccc5)CC4)ccc3C2=O)C(=O)N1. The first-order valence-electron chi connectivity index (χ1n) is 12.5. The predicted molar refractivity (Wildman–Crippen MR) is 133 cm³/mol. The van der Waals surface area contributed by atoms with Gasteiger partial charge in [-0.25, -0.2) is 4.79 Å². The summed E-state index contributed by atoms with van der Waals surface area (Å²) in [4.78, 5) is 52.9. The molecule has 3 aliphatic rings. The van der Waals surface area contributed by atoms with Crippen LogP contribution >= 0.6 is 0 Å². The molecule has 3 N–H and O–H groups in total. The van der Waals surface area contributed by atoms with Gasteiger partial charge in [-0.3, -0.25) is 24.6 Å². The number of benzene rings is 2. The number of nitrogens with one attached hydrogen (secondary N) is 3. The first kappa shape index (κ1) is 24.0. The van der Waals surface area contributed by atoms with Crippen LogP contribution in [-0.2, 0) is 29.2 Å². The van der Waals surface area contributed by atoms with Crippen molar-refractivity contribution in [1.82, 2.24) is 25.8 Å². The Hall–Kier alpha value is -3.72. The van der Waals surface area contributed by atoms with E-state index in [0.29, 0.717) is 25.1 Å². The Labute approximate surface area is 210 Å². The molecule has 2 aromatic carbocycles. The van der Waals surface area contributed by atoms with E-state index in [0.717, 1.165) is 43.6 Å². The summed E-state index contributed by atoms with van der Waals surface area (Å²) in [6, 6.07) is 15.2. The van der Waals surface area contributed by atoms with Crippen LogP contribution in [0.4, 0.5) is 4.79 Å². The van der Waals surface area contributed by atoms with Gasteiger partial charge in [-0.1, -0.05) is 42.5 Å². The normalized spacial score (nSPS) is 20.7. The third-order valence-electron chi connectivity index (χ3n) is 7.21. The Balaban J connectivity index is 1.08. The predicted octanol–water partition coefficient (Wildman–Crippen LogP) is 1.91. The summed E-state index contributed by atoms with van der Waals surface area (Å²) in [6.45, 7) is 3.49. The van der Waals surface area contributed by atoms with Crippen molar-refractivity contribution in [3.05, 3.63) is 70.8 Å². The van der Waals surface area contributed by atoms with Gasteiger partial charge in [0.25, 0.3) is 5.91 Å². The standard InChI is InChI=1S/C27H31N5O4/c33-24-9-8-23(25(34)30-24)32-17-20-14-19(6-7-22(20)26(32)35)15-28-27(36)29-21-10-12-31(13-11-21)16-18-4-2-1-3-5-18/h1-7,14,21,23H,8-13,15-17H2,(H2,28,29,36)(H,30,33,34). The van der Waals surface area contributed by atoms with Crippen LogP contribution in [0.3, 0.4) is 0 Å². The monoisotopic (exact) mass is 489 g/mol. The smallest absolute Gasteiger partial charge is 0.315 e. The zero-order valence-electron chi connectivity index (χ0n) is 20.2. The summed E-state index contributed by atoms with van der Waals surface area (Å²) in [7, 11) is 0. The summed E-state index contributed by atoms with van der Waals surface area (Å²) in [5.41, 5.74) is 3.59. The lowest BCUT2D eigenvalue weighted by Gasteiger charge is -2.32. The minimum absolute atomic E-state index is 0.150. The van der Waals surface area contributed by atoms with Gasteiger partial charge in [0.1, 0.15) is 6.04 Å². The van der Waals surface area contributed by atoms with Crippen LogP contribution in [0.5, 0.6) is 0 Å². The zero-order chi connectivity index (χ0) is 25.1. The molecule has 0 spiro atoms. The van der Waals surface area contributed by atoms with Gasteiger partial charge in [0.15, 0.2) is 0 Å². The second-order valence-corrected chi connectivity index (χ2v) is 9.75. The van der Waals surface area contributed by atoms with Crippen molar-refractivity contribution >= 4 is 23.8 Å². The van der Waals surface area contributed by atoms with E-state index in [1.165, 1.54) is 10.5 Å². The highest BCUT2D eigenvalue weighted by Crippen LogP contribution is 2.28. The molecular formula is C27H31N5O4. The van der Waals surface area contributed by atoms with Gasteiger partial charge in [-0.2, -0.15) is 0 Å². The van der Waals surface area contributed by atoms with Crippen molar-refractivity contribution in [2.24, 2.45) is 0 Å². The second-order valence-electron chi connectivity index (χ2n) is 9.75. The zero-order valence-corrected chi connectivity index (χ0v) is 20.2. The molecule has 2 aromatic rings. The summed E-state index contributed by atoms with van der Waals surface area (Å²) in [5.74, 6) is -0.919. The molecule has 5 amide bonds. The van der Waals surface area contributed by atoms with Crippen LogP contribution in [0.1, 0.15) is 52.7 Å². The molecule has 9 nitrogen and oxygen atoms in total. The van der Waals surface area contributed by atoms with Crippen LogP contribution < -0.4 is 16.0 Å². The Morgan fingerprint density at radius 3 is 2.50 bits per heavy atom. The van der Waals surface area contributed by atoms with Crippen molar-refractivity contribution in [3.63, 3.8) is 0 Å². The molecule has 188 valence electrons. The average molecular weight is 490 g/mol. The van der Waals surface area contributed by atoms with E-state index in [2.05, 4.69) is 45.1 Å². The van der Waals surface area contributed by atoms with E-state index < -0.39 is 11.9 Å². The fraction of sp³-hybridized carbons (Fsp3) is 0.407. The number of urea groups is 1. The number of hydrogen-bond donors (Lipinski definition) is 3.